The van der Waals surface area contributed by atoms with Crippen molar-refractivity contribution in [2.75, 3.05) is 0 Å². The SMILES string of the molecule is O=C1OC(=O)c2c(Oc3ccccc3)cccc21. The highest BCUT2D eigenvalue weighted by Gasteiger charge is 2.33. The molecule has 88 valence electrons. The highest BCUT2D eigenvalue weighted by Crippen LogP contribution is 2.32. The molecule has 0 N–H and O–H groups in total. The highest BCUT2D eigenvalue weighted by atomic mass is 16.6. The molecule has 0 saturated carbocycles. The number of cyclic esters (lactones) is 2. The van der Waals surface area contributed by atoms with E-state index in [1.165, 1.54) is 0 Å². The summed E-state index contributed by atoms with van der Waals surface area (Å²) in [5, 5.41) is 0. The molecule has 0 amide bonds. The summed E-state index contributed by atoms with van der Waals surface area (Å²) in [6.45, 7) is 0. The maximum absolute atomic E-state index is 11.6. The van der Waals surface area contributed by atoms with Crippen LogP contribution in [-0.2, 0) is 4.74 Å². The second-order valence-corrected chi connectivity index (χ2v) is 3.77. The van der Waals surface area contributed by atoms with Gasteiger partial charge < -0.3 is 9.47 Å². The summed E-state index contributed by atoms with van der Waals surface area (Å²) in [5.41, 5.74) is 0.430. The number of para-hydroxylation sites is 1. The van der Waals surface area contributed by atoms with Crippen molar-refractivity contribution in [3.8, 4) is 11.5 Å². The largest absolute Gasteiger partial charge is 0.456 e. The van der Waals surface area contributed by atoms with Crippen molar-refractivity contribution in [3.63, 3.8) is 0 Å². The van der Waals surface area contributed by atoms with E-state index in [0.717, 1.165) is 0 Å². The van der Waals surface area contributed by atoms with E-state index >= 15 is 0 Å². The van der Waals surface area contributed by atoms with Crippen LogP contribution in [0.15, 0.2) is 48.5 Å². The molecule has 0 aromatic heterocycles. The van der Waals surface area contributed by atoms with E-state index < -0.39 is 11.9 Å². The second kappa shape index (κ2) is 4.00. The van der Waals surface area contributed by atoms with Gasteiger partial charge in [0.25, 0.3) is 0 Å². The third-order valence-electron chi connectivity index (χ3n) is 2.61. The lowest BCUT2D eigenvalue weighted by atomic mass is 10.1. The maximum Gasteiger partial charge on any atom is 0.350 e. The van der Waals surface area contributed by atoms with Crippen LogP contribution in [0.5, 0.6) is 11.5 Å². The number of rotatable bonds is 2. The molecule has 4 nitrogen and oxygen atoms in total. The smallest absolute Gasteiger partial charge is 0.350 e. The molecular formula is C14H8O4. The average Bonchev–Trinajstić information content (AvgIpc) is 2.67. The van der Waals surface area contributed by atoms with Crippen molar-refractivity contribution < 1.29 is 19.1 Å². The average molecular weight is 240 g/mol. The number of benzene rings is 2. The Labute approximate surface area is 103 Å². The normalized spacial score (nSPS) is 13.1. The van der Waals surface area contributed by atoms with E-state index in [-0.39, 0.29) is 11.1 Å². The van der Waals surface area contributed by atoms with Gasteiger partial charge in [-0.2, -0.15) is 0 Å². The molecule has 0 bridgehead atoms. The molecule has 3 rings (SSSR count). The lowest BCUT2D eigenvalue weighted by Gasteiger charge is -2.07. The summed E-state index contributed by atoms with van der Waals surface area (Å²) in [6, 6.07) is 13.9. The molecule has 18 heavy (non-hydrogen) atoms. The molecule has 0 atom stereocenters. The Bertz CT molecular complexity index is 631. The van der Waals surface area contributed by atoms with Crippen molar-refractivity contribution in [3.05, 3.63) is 59.7 Å². The van der Waals surface area contributed by atoms with Gasteiger partial charge in [0.05, 0.1) is 5.56 Å². The Kier molecular flexibility index (Phi) is 2.34. The van der Waals surface area contributed by atoms with E-state index in [9.17, 15) is 9.59 Å². The van der Waals surface area contributed by atoms with Gasteiger partial charge in [-0.15, -0.1) is 0 Å². The first kappa shape index (κ1) is 10.5. The third-order valence-corrected chi connectivity index (χ3v) is 2.61. The fourth-order valence-corrected chi connectivity index (χ4v) is 1.80. The van der Waals surface area contributed by atoms with Gasteiger partial charge in [0, 0.05) is 0 Å². The van der Waals surface area contributed by atoms with Crippen LogP contribution in [0.1, 0.15) is 20.7 Å². The van der Waals surface area contributed by atoms with E-state index in [1.807, 2.05) is 18.2 Å². The molecule has 0 radical (unpaired) electrons. The van der Waals surface area contributed by atoms with Gasteiger partial charge in [-0.3, -0.25) is 0 Å². The summed E-state index contributed by atoms with van der Waals surface area (Å²) < 4.78 is 10.1. The van der Waals surface area contributed by atoms with Crippen molar-refractivity contribution in [2.45, 2.75) is 0 Å². The van der Waals surface area contributed by atoms with Crippen molar-refractivity contribution in [1.82, 2.24) is 0 Å². The molecule has 1 aliphatic rings. The van der Waals surface area contributed by atoms with E-state index in [0.29, 0.717) is 11.5 Å². The molecule has 0 fully saturated rings. The Morgan fingerprint density at radius 1 is 0.833 bits per heavy atom. The highest BCUT2D eigenvalue weighted by molar-refractivity contribution is 6.16. The van der Waals surface area contributed by atoms with E-state index in [4.69, 9.17) is 4.74 Å². The molecule has 0 unspecified atom stereocenters. The van der Waals surface area contributed by atoms with Crippen LogP contribution >= 0.6 is 0 Å². The fraction of sp³-hybridized carbons (Fsp3) is 0. The van der Waals surface area contributed by atoms with Crippen LogP contribution in [-0.4, -0.2) is 11.9 Å². The van der Waals surface area contributed by atoms with Gasteiger partial charge >= 0.3 is 11.9 Å². The van der Waals surface area contributed by atoms with Crippen LogP contribution < -0.4 is 4.74 Å². The number of fused-ring (bicyclic) bond motifs is 1. The standard InChI is InChI=1S/C14H8O4/c15-13-10-7-4-8-11(12(10)14(16)18-13)17-9-5-2-1-3-6-9/h1-8H. The van der Waals surface area contributed by atoms with Gasteiger partial charge in [0.2, 0.25) is 0 Å². The first-order chi connectivity index (χ1) is 8.75. The van der Waals surface area contributed by atoms with Gasteiger partial charge in [-0.05, 0) is 24.3 Å². The second-order valence-electron chi connectivity index (χ2n) is 3.77. The number of esters is 2. The topological polar surface area (TPSA) is 52.6 Å². The summed E-state index contributed by atoms with van der Waals surface area (Å²) >= 11 is 0. The van der Waals surface area contributed by atoms with E-state index in [2.05, 4.69) is 4.74 Å². The Hall–Kier alpha value is -2.62. The zero-order valence-corrected chi connectivity index (χ0v) is 9.25. The van der Waals surface area contributed by atoms with Crippen LogP contribution in [0.3, 0.4) is 0 Å². The van der Waals surface area contributed by atoms with Crippen LogP contribution in [0.2, 0.25) is 0 Å². The van der Waals surface area contributed by atoms with Gasteiger partial charge in [0.15, 0.2) is 0 Å². The minimum absolute atomic E-state index is 0.186. The van der Waals surface area contributed by atoms with Crippen molar-refractivity contribution in [1.29, 1.82) is 0 Å². The minimum Gasteiger partial charge on any atom is -0.456 e. The van der Waals surface area contributed by atoms with Crippen LogP contribution in [0, 0.1) is 0 Å². The molecule has 0 saturated heterocycles. The quantitative estimate of drug-likeness (QED) is 0.598. The summed E-state index contributed by atoms with van der Waals surface area (Å²) in [6.07, 6.45) is 0. The molecule has 2 aromatic carbocycles. The predicted molar refractivity (Wildman–Crippen MR) is 62.7 cm³/mol. The number of hydrogen-bond acceptors (Lipinski definition) is 4. The number of ether oxygens (including phenoxy) is 2. The molecule has 2 aromatic rings. The zero-order chi connectivity index (χ0) is 12.5. The Balaban J connectivity index is 2.05. The first-order valence-corrected chi connectivity index (χ1v) is 5.38. The summed E-state index contributed by atoms with van der Waals surface area (Å²) in [7, 11) is 0. The van der Waals surface area contributed by atoms with Gasteiger partial charge in [-0.25, -0.2) is 9.59 Å². The Morgan fingerprint density at radius 2 is 1.61 bits per heavy atom. The predicted octanol–water partition coefficient (Wildman–Crippen LogP) is 2.79. The molecular weight excluding hydrogens is 232 g/mol. The fourth-order valence-electron chi connectivity index (χ4n) is 1.80. The molecule has 1 aliphatic heterocycles. The maximum atomic E-state index is 11.6. The van der Waals surface area contributed by atoms with Gasteiger partial charge in [-0.1, -0.05) is 24.3 Å². The molecule has 4 heteroatoms. The Morgan fingerprint density at radius 3 is 2.39 bits per heavy atom. The van der Waals surface area contributed by atoms with Crippen molar-refractivity contribution >= 4 is 11.9 Å². The lowest BCUT2D eigenvalue weighted by Crippen LogP contribution is -1.98. The van der Waals surface area contributed by atoms with Crippen molar-refractivity contribution in [2.24, 2.45) is 0 Å². The first-order valence-electron chi connectivity index (χ1n) is 5.38. The minimum atomic E-state index is -0.665. The monoisotopic (exact) mass is 240 g/mol. The van der Waals surface area contributed by atoms with Crippen LogP contribution in [0.25, 0.3) is 0 Å². The molecule has 0 spiro atoms. The number of hydrogen-bond donors (Lipinski definition) is 0. The zero-order valence-electron chi connectivity index (χ0n) is 9.25. The number of carbonyl (C=O) groups is 2. The molecule has 1 heterocycles. The summed E-state index contributed by atoms with van der Waals surface area (Å²) in [5.74, 6) is -0.373. The third kappa shape index (κ3) is 1.64. The lowest BCUT2D eigenvalue weighted by molar-refractivity contribution is 0.0443. The van der Waals surface area contributed by atoms with Crippen LogP contribution in [0.4, 0.5) is 0 Å². The van der Waals surface area contributed by atoms with Gasteiger partial charge in [0.1, 0.15) is 17.1 Å². The molecule has 0 aliphatic carbocycles. The van der Waals surface area contributed by atoms with E-state index in [1.54, 1.807) is 30.3 Å². The summed E-state index contributed by atoms with van der Waals surface area (Å²) in [4.78, 5) is 22.9. The number of carbonyl (C=O) groups excluding carboxylic acids is 2.